The van der Waals surface area contributed by atoms with Gasteiger partial charge < -0.3 is 4.74 Å². The van der Waals surface area contributed by atoms with Gasteiger partial charge in [0.15, 0.2) is 0 Å². The van der Waals surface area contributed by atoms with Crippen LogP contribution in [-0.2, 0) is 25.0 Å². The summed E-state index contributed by atoms with van der Waals surface area (Å²) in [7, 11) is -2.59. The van der Waals surface area contributed by atoms with Crippen molar-refractivity contribution in [3.8, 4) is 0 Å². The van der Waals surface area contributed by atoms with Crippen LogP contribution in [0.15, 0.2) is 71.6 Å². The molecule has 1 aliphatic carbocycles. The van der Waals surface area contributed by atoms with E-state index in [1.54, 1.807) is 30.3 Å². The van der Waals surface area contributed by atoms with E-state index in [9.17, 15) is 13.2 Å². The van der Waals surface area contributed by atoms with Gasteiger partial charge in [0.2, 0.25) is 0 Å². The molecule has 3 aromatic rings. The third-order valence-electron chi connectivity index (χ3n) is 7.46. The molecule has 0 amide bonds. The third kappa shape index (κ3) is 2.63. The maximum Gasteiger partial charge on any atom is 0.319 e. The molecule has 1 aromatic heterocycles. The Kier molecular flexibility index (Phi) is 4.67. The summed E-state index contributed by atoms with van der Waals surface area (Å²) in [4.78, 5) is 16.2. The first-order chi connectivity index (χ1) is 15.9. The normalized spacial score (nSPS) is 29.8. The number of rotatable bonds is 4. The number of nitrogens with zero attached hydrogens (tertiary/aromatic N) is 2. The Morgan fingerprint density at radius 3 is 2.55 bits per heavy atom. The zero-order valence-electron chi connectivity index (χ0n) is 18.0. The van der Waals surface area contributed by atoms with Crippen LogP contribution in [0.2, 0.25) is 0 Å². The molecule has 4 unspecified atom stereocenters. The number of para-hydroxylation sites is 1. The summed E-state index contributed by atoms with van der Waals surface area (Å²) in [6.45, 7) is 0.834. The number of benzene rings is 2. The van der Waals surface area contributed by atoms with Crippen LogP contribution in [0.1, 0.15) is 23.7 Å². The lowest BCUT2D eigenvalue weighted by Gasteiger charge is -2.58. The number of hydrogen-bond acceptors (Lipinski definition) is 5. The van der Waals surface area contributed by atoms with E-state index in [-0.39, 0.29) is 28.9 Å². The van der Waals surface area contributed by atoms with Crippen molar-refractivity contribution in [1.29, 1.82) is 0 Å². The minimum atomic E-state index is -3.98. The fourth-order valence-electron chi connectivity index (χ4n) is 6.25. The van der Waals surface area contributed by atoms with Gasteiger partial charge in [-0.3, -0.25) is 9.69 Å². The Hall–Kier alpha value is -2.42. The molecule has 2 aromatic carbocycles. The van der Waals surface area contributed by atoms with Gasteiger partial charge in [0.1, 0.15) is 5.41 Å². The maximum absolute atomic E-state index is 14.2. The quantitative estimate of drug-likeness (QED) is 0.292. The highest BCUT2D eigenvalue weighted by Crippen LogP contribution is 2.57. The average Bonchev–Trinajstić information content (AvgIpc) is 3.21. The molecule has 1 saturated heterocycles. The van der Waals surface area contributed by atoms with E-state index in [4.69, 9.17) is 4.74 Å². The fourth-order valence-corrected chi connectivity index (χ4v) is 8.57. The topological polar surface area (TPSA) is 68.6 Å². The summed E-state index contributed by atoms with van der Waals surface area (Å²) in [5.74, 6) is -0.233. The van der Waals surface area contributed by atoms with Crippen LogP contribution in [0, 0.1) is 5.92 Å². The Morgan fingerprint density at radius 1 is 1.12 bits per heavy atom. The van der Waals surface area contributed by atoms with Gasteiger partial charge >= 0.3 is 5.97 Å². The first kappa shape index (κ1) is 21.1. The average molecular weight is 527 g/mol. The van der Waals surface area contributed by atoms with E-state index in [0.29, 0.717) is 23.0 Å². The predicted molar refractivity (Wildman–Crippen MR) is 129 cm³/mol. The molecular weight excluding hydrogens is 504 g/mol. The molecule has 33 heavy (non-hydrogen) atoms. The van der Waals surface area contributed by atoms with Crippen molar-refractivity contribution >= 4 is 42.8 Å². The summed E-state index contributed by atoms with van der Waals surface area (Å²) >= 11 is 3.70. The number of piperidine rings is 1. The number of ether oxygens (including phenoxy) is 1. The lowest BCUT2D eigenvalue weighted by molar-refractivity contribution is -0.156. The summed E-state index contributed by atoms with van der Waals surface area (Å²) in [5, 5.41) is 1.49. The van der Waals surface area contributed by atoms with Crippen LogP contribution in [0.5, 0.6) is 0 Å². The molecule has 4 bridgehead atoms. The van der Waals surface area contributed by atoms with Gasteiger partial charge in [0, 0.05) is 28.9 Å². The number of methoxy groups -OCH3 is 1. The van der Waals surface area contributed by atoms with Crippen LogP contribution < -0.4 is 0 Å². The molecule has 8 heteroatoms. The molecule has 170 valence electrons. The SMILES string of the molecule is COC(=O)[C@]12CC3C=CC1N(C3)C(CBr)c1c2n(S(=O)(=O)c2ccccc2)c2ccccc12. The van der Waals surface area contributed by atoms with Crippen LogP contribution in [0.4, 0.5) is 0 Å². The second-order valence-corrected chi connectivity index (χ2v) is 11.4. The lowest BCUT2D eigenvalue weighted by Crippen LogP contribution is -2.67. The van der Waals surface area contributed by atoms with Crippen LogP contribution in [0.25, 0.3) is 10.9 Å². The molecule has 4 heterocycles. The lowest BCUT2D eigenvalue weighted by atomic mass is 9.60. The van der Waals surface area contributed by atoms with Gasteiger partial charge in [0.25, 0.3) is 10.0 Å². The number of carbonyl (C=O) groups is 1. The van der Waals surface area contributed by atoms with Crippen LogP contribution >= 0.6 is 15.9 Å². The summed E-state index contributed by atoms with van der Waals surface area (Å²) in [6.07, 6.45) is 4.77. The van der Waals surface area contributed by atoms with E-state index in [1.165, 1.54) is 11.1 Å². The Labute approximate surface area is 201 Å². The highest BCUT2D eigenvalue weighted by molar-refractivity contribution is 9.09. The molecule has 3 aliphatic heterocycles. The van der Waals surface area contributed by atoms with Crippen molar-refractivity contribution in [2.75, 3.05) is 19.0 Å². The zero-order chi connectivity index (χ0) is 23.0. The van der Waals surface area contributed by atoms with Crippen molar-refractivity contribution in [3.63, 3.8) is 0 Å². The Balaban J connectivity index is 1.80. The standard InChI is InChI=1S/C25H23BrN2O4S/c1-32-24(29)25-13-16-11-12-21(25)27(15-16)20(14-26)22-18-9-5-6-10-19(18)28(23(22)25)33(30,31)17-7-3-2-4-8-17/h2-12,16,20-21H,13-15H2,1H3/t16?,20?,21?,25-/m1/s1. The minimum absolute atomic E-state index is 0.0624. The molecule has 4 aliphatic rings. The van der Waals surface area contributed by atoms with Gasteiger partial charge in [-0.15, -0.1) is 0 Å². The van der Waals surface area contributed by atoms with E-state index >= 15 is 0 Å². The number of fused-ring (bicyclic) bond motifs is 3. The second-order valence-electron chi connectivity index (χ2n) is 8.99. The van der Waals surface area contributed by atoms with Crippen molar-refractivity contribution < 1.29 is 17.9 Å². The van der Waals surface area contributed by atoms with E-state index in [0.717, 1.165) is 17.5 Å². The monoisotopic (exact) mass is 526 g/mol. The van der Waals surface area contributed by atoms with Crippen molar-refractivity contribution in [2.24, 2.45) is 5.92 Å². The fraction of sp³-hybridized carbons (Fsp3) is 0.320. The molecule has 6 nitrogen and oxygen atoms in total. The number of esters is 1. The molecule has 0 radical (unpaired) electrons. The summed E-state index contributed by atoms with van der Waals surface area (Å²) < 4.78 is 35.2. The molecule has 0 saturated carbocycles. The predicted octanol–water partition coefficient (Wildman–Crippen LogP) is 4.00. The summed E-state index contributed by atoms with van der Waals surface area (Å²) in [6, 6.07) is 15.7. The van der Waals surface area contributed by atoms with E-state index in [2.05, 4.69) is 33.0 Å². The molecular formula is C25H23BrN2O4S. The van der Waals surface area contributed by atoms with E-state index < -0.39 is 15.4 Å². The highest BCUT2D eigenvalue weighted by atomic mass is 79.9. The molecule has 0 N–H and O–H groups in total. The molecule has 7 rings (SSSR count). The Bertz CT molecular complexity index is 1410. The first-order valence-electron chi connectivity index (χ1n) is 11.0. The first-order valence-corrected chi connectivity index (χ1v) is 13.5. The van der Waals surface area contributed by atoms with Gasteiger partial charge in [0.05, 0.1) is 29.3 Å². The zero-order valence-corrected chi connectivity index (χ0v) is 20.4. The molecule has 1 fully saturated rings. The number of hydrogen-bond donors (Lipinski definition) is 0. The second kappa shape index (κ2) is 7.29. The van der Waals surface area contributed by atoms with Crippen molar-refractivity contribution in [1.82, 2.24) is 8.87 Å². The molecule has 0 spiro atoms. The van der Waals surface area contributed by atoms with Gasteiger partial charge in [-0.1, -0.05) is 64.5 Å². The smallest absolute Gasteiger partial charge is 0.319 e. The highest BCUT2D eigenvalue weighted by Gasteiger charge is 2.63. The summed E-state index contributed by atoms with van der Waals surface area (Å²) in [5.41, 5.74) is 0.951. The van der Waals surface area contributed by atoms with Gasteiger partial charge in [-0.2, -0.15) is 0 Å². The Morgan fingerprint density at radius 2 is 1.85 bits per heavy atom. The molecule has 5 atom stereocenters. The maximum atomic E-state index is 14.2. The van der Waals surface area contributed by atoms with Crippen LogP contribution in [0.3, 0.4) is 0 Å². The largest absolute Gasteiger partial charge is 0.468 e. The third-order valence-corrected chi connectivity index (χ3v) is 9.80. The van der Waals surface area contributed by atoms with Crippen molar-refractivity contribution in [3.05, 3.63) is 78.0 Å². The van der Waals surface area contributed by atoms with Crippen molar-refractivity contribution in [2.45, 2.75) is 28.8 Å². The minimum Gasteiger partial charge on any atom is -0.468 e. The van der Waals surface area contributed by atoms with E-state index in [1.807, 2.05) is 24.3 Å². The van der Waals surface area contributed by atoms with Gasteiger partial charge in [-0.05, 0) is 30.5 Å². The van der Waals surface area contributed by atoms with Crippen LogP contribution in [-0.4, -0.2) is 48.3 Å². The number of halogens is 1. The number of aromatic nitrogens is 1. The number of alkyl halides is 1. The number of carbonyl (C=O) groups excluding carboxylic acids is 1. The van der Waals surface area contributed by atoms with Gasteiger partial charge in [-0.25, -0.2) is 12.4 Å².